The van der Waals surface area contributed by atoms with Gasteiger partial charge in [0, 0.05) is 26.3 Å². The molecule has 0 bridgehead atoms. The highest BCUT2D eigenvalue weighted by molar-refractivity contribution is 5.96. The van der Waals surface area contributed by atoms with Crippen LogP contribution in [0.5, 0.6) is 0 Å². The van der Waals surface area contributed by atoms with Crippen LogP contribution in [0.2, 0.25) is 0 Å². The Morgan fingerprint density at radius 1 is 1.19 bits per heavy atom. The number of halogens is 2. The Bertz CT molecular complexity index is 500. The van der Waals surface area contributed by atoms with E-state index in [1.807, 2.05) is 0 Å². The largest absolute Gasteiger partial charge is 0.383 e. The minimum absolute atomic E-state index is 0.200. The topological polar surface area (TPSA) is 79.5 Å². The Morgan fingerprint density at radius 3 is 2.33 bits per heavy atom. The van der Waals surface area contributed by atoms with Crippen LogP contribution in [0, 0.1) is 11.6 Å². The average Bonchev–Trinajstić information content (AvgIpc) is 2.44. The second kappa shape index (κ2) is 8.15. The molecule has 0 spiro atoms. The van der Waals surface area contributed by atoms with Crippen LogP contribution in [0.25, 0.3) is 0 Å². The highest BCUT2D eigenvalue weighted by atomic mass is 19.1. The molecular weight excluding hydrogens is 284 g/mol. The SMILES string of the molecule is CNc1c(F)cc(C(=O)NCC(=O)NCCOC)cc1F. The first-order valence-electron chi connectivity index (χ1n) is 6.20. The molecule has 6 nitrogen and oxygen atoms in total. The molecule has 0 aliphatic carbocycles. The molecule has 0 aromatic heterocycles. The maximum absolute atomic E-state index is 13.5. The zero-order valence-electron chi connectivity index (χ0n) is 11.8. The van der Waals surface area contributed by atoms with Crippen LogP contribution in [-0.4, -0.2) is 45.7 Å². The zero-order valence-corrected chi connectivity index (χ0v) is 11.8. The summed E-state index contributed by atoms with van der Waals surface area (Å²) in [4.78, 5) is 23.1. The second-order valence-corrected chi connectivity index (χ2v) is 4.09. The molecule has 1 aromatic rings. The van der Waals surface area contributed by atoms with Gasteiger partial charge in [0.2, 0.25) is 5.91 Å². The highest BCUT2D eigenvalue weighted by Crippen LogP contribution is 2.19. The third-order valence-corrected chi connectivity index (χ3v) is 2.59. The Hall–Kier alpha value is -2.22. The maximum atomic E-state index is 13.5. The zero-order chi connectivity index (χ0) is 15.8. The molecule has 0 radical (unpaired) electrons. The van der Waals surface area contributed by atoms with E-state index in [9.17, 15) is 18.4 Å². The molecule has 0 atom stereocenters. The fourth-order valence-electron chi connectivity index (χ4n) is 1.56. The van der Waals surface area contributed by atoms with E-state index in [4.69, 9.17) is 4.74 Å². The number of rotatable bonds is 7. The van der Waals surface area contributed by atoms with Crippen LogP contribution < -0.4 is 16.0 Å². The average molecular weight is 301 g/mol. The van der Waals surface area contributed by atoms with Crippen molar-refractivity contribution in [2.75, 3.05) is 39.2 Å². The van der Waals surface area contributed by atoms with Crippen molar-refractivity contribution in [2.45, 2.75) is 0 Å². The summed E-state index contributed by atoms with van der Waals surface area (Å²) in [5.41, 5.74) is -0.516. The molecule has 0 aliphatic rings. The van der Waals surface area contributed by atoms with Gasteiger partial charge in [-0.15, -0.1) is 0 Å². The first-order valence-corrected chi connectivity index (χ1v) is 6.20. The van der Waals surface area contributed by atoms with E-state index in [0.717, 1.165) is 12.1 Å². The summed E-state index contributed by atoms with van der Waals surface area (Å²) in [5.74, 6) is -2.93. The first-order chi connectivity index (χ1) is 9.99. The number of ether oxygens (including phenoxy) is 1. The van der Waals surface area contributed by atoms with Gasteiger partial charge in [-0.1, -0.05) is 0 Å². The van der Waals surface area contributed by atoms with Crippen molar-refractivity contribution in [3.63, 3.8) is 0 Å². The number of carbonyl (C=O) groups excluding carboxylic acids is 2. The molecule has 2 amide bonds. The monoisotopic (exact) mass is 301 g/mol. The van der Waals surface area contributed by atoms with E-state index in [1.165, 1.54) is 14.2 Å². The van der Waals surface area contributed by atoms with E-state index in [-0.39, 0.29) is 17.8 Å². The molecule has 0 unspecified atom stereocenters. The van der Waals surface area contributed by atoms with E-state index in [2.05, 4.69) is 16.0 Å². The predicted octanol–water partition coefficient (Wildman–Crippen LogP) is 0.499. The van der Waals surface area contributed by atoms with Gasteiger partial charge in [-0.25, -0.2) is 8.78 Å². The summed E-state index contributed by atoms with van der Waals surface area (Å²) in [6, 6.07) is 1.79. The maximum Gasteiger partial charge on any atom is 0.251 e. The molecule has 3 N–H and O–H groups in total. The predicted molar refractivity (Wildman–Crippen MR) is 73.1 cm³/mol. The first kappa shape index (κ1) is 16.8. The lowest BCUT2D eigenvalue weighted by Crippen LogP contribution is -2.38. The number of carbonyl (C=O) groups is 2. The van der Waals surface area contributed by atoms with Gasteiger partial charge in [-0.2, -0.15) is 0 Å². The van der Waals surface area contributed by atoms with Crippen LogP contribution >= 0.6 is 0 Å². The molecule has 0 saturated carbocycles. The van der Waals surface area contributed by atoms with Crippen molar-refractivity contribution in [2.24, 2.45) is 0 Å². The lowest BCUT2D eigenvalue weighted by atomic mass is 10.1. The van der Waals surface area contributed by atoms with Crippen LogP contribution in [0.15, 0.2) is 12.1 Å². The minimum Gasteiger partial charge on any atom is -0.383 e. The smallest absolute Gasteiger partial charge is 0.251 e. The number of hydrogen-bond donors (Lipinski definition) is 3. The highest BCUT2D eigenvalue weighted by Gasteiger charge is 2.14. The van der Waals surface area contributed by atoms with Gasteiger partial charge in [-0.3, -0.25) is 9.59 Å². The molecule has 1 aromatic carbocycles. The molecule has 21 heavy (non-hydrogen) atoms. The van der Waals surface area contributed by atoms with Crippen molar-refractivity contribution in [3.8, 4) is 0 Å². The standard InChI is InChI=1S/C13H17F2N3O3/c1-16-12-9(14)5-8(6-10(12)15)13(20)18-7-11(19)17-3-4-21-2/h5-6,16H,3-4,7H2,1-2H3,(H,17,19)(H,18,20). The third-order valence-electron chi connectivity index (χ3n) is 2.59. The van der Waals surface area contributed by atoms with E-state index >= 15 is 0 Å². The summed E-state index contributed by atoms with van der Waals surface area (Å²) in [7, 11) is 2.86. The normalized spacial score (nSPS) is 10.1. The summed E-state index contributed by atoms with van der Waals surface area (Å²) >= 11 is 0. The molecule has 116 valence electrons. The van der Waals surface area contributed by atoms with Gasteiger partial charge in [0.15, 0.2) is 0 Å². The van der Waals surface area contributed by atoms with Crippen molar-refractivity contribution >= 4 is 17.5 Å². The van der Waals surface area contributed by atoms with Crippen LogP contribution in [0.1, 0.15) is 10.4 Å². The lowest BCUT2D eigenvalue weighted by Gasteiger charge is -2.09. The fraction of sp³-hybridized carbons (Fsp3) is 0.385. The van der Waals surface area contributed by atoms with Crippen molar-refractivity contribution in [3.05, 3.63) is 29.3 Å². The van der Waals surface area contributed by atoms with Crippen molar-refractivity contribution < 1.29 is 23.1 Å². The second-order valence-electron chi connectivity index (χ2n) is 4.09. The van der Waals surface area contributed by atoms with E-state index < -0.39 is 23.4 Å². The molecule has 0 aliphatic heterocycles. The quantitative estimate of drug-likeness (QED) is 0.641. The third kappa shape index (κ3) is 4.99. The van der Waals surface area contributed by atoms with Gasteiger partial charge in [-0.05, 0) is 12.1 Å². The number of anilines is 1. The van der Waals surface area contributed by atoms with Crippen LogP contribution in [0.4, 0.5) is 14.5 Å². The van der Waals surface area contributed by atoms with Gasteiger partial charge in [0.1, 0.15) is 17.3 Å². The van der Waals surface area contributed by atoms with Gasteiger partial charge >= 0.3 is 0 Å². The number of methoxy groups -OCH3 is 1. The van der Waals surface area contributed by atoms with E-state index in [0.29, 0.717) is 13.2 Å². The molecule has 1 rings (SSSR count). The summed E-state index contributed by atoms with van der Waals surface area (Å²) in [5, 5.41) is 7.12. The van der Waals surface area contributed by atoms with E-state index in [1.54, 1.807) is 0 Å². The summed E-state index contributed by atoms with van der Waals surface area (Å²) < 4.78 is 31.7. The van der Waals surface area contributed by atoms with Crippen molar-refractivity contribution in [1.29, 1.82) is 0 Å². The minimum atomic E-state index is -0.882. The van der Waals surface area contributed by atoms with Crippen LogP contribution in [0.3, 0.4) is 0 Å². The Morgan fingerprint density at radius 2 is 1.81 bits per heavy atom. The number of amides is 2. The molecular formula is C13H17F2N3O3. The summed E-state index contributed by atoms with van der Waals surface area (Å²) in [6.45, 7) is 0.368. The van der Waals surface area contributed by atoms with Gasteiger partial charge in [0.25, 0.3) is 5.91 Å². The van der Waals surface area contributed by atoms with Gasteiger partial charge in [0.05, 0.1) is 13.2 Å². The molecule has 0 fully saturated rings. The van der Waals surface area contributed by atoms with Crippen LogP contribution in [-0.2, 0) is 9.53 Å². The Kier molecular flexibility index (Phi) is 6.54. The Labute approximate surface area is 120 Å². The fourth-order valence-corrected chi connectivity index (χ4v) is 1.56. The number of hydrogen-bond acceptors (Lipinski definition) is 4. The summed E-state index contributed by atoms with van der Waals surface area (Å²) in [6.07, 6.45) is 0. The Balaban J connectivity index is 2.58. The molecule has 0 heterocycles. The lowest BCUT2D eigenvalue weighted by molar-refractivity contribution is -0.120. The number of benzene rings is 1. The van der Waals surface area contributed by atoms with Crippen molar-refractivity contribution in [1.82, 2.24) is 10.6 Å². The molecule has 0 saturated heterocycles. The molecule has 8 heteroatoms. The van der Waals surface area contributed by atoms with Gasteiger partial charge < -0.3 is 20.7 Å². The number of nitrogens with one attached hydrogen (secondary N) is 3.